The molecule has 0 aliphatic heterocycles. The van der Waals surface area contributed by atoms with Crippen LogP contribution in [0.4, 0.5) is 26.4 Å². The number of urea groups is 1. The summed E-state index contributed by atoms with van der Waals surface area (Å²) in [6.07, 6.45) is 5.36. The summed E-state index contributed by atoms with van der Waals surface area (Å²) in [5, 5.41) is 21.7. The summed E-state index contributed by atoms with van der Waals surface area (Å²) in [4.78, 5) is 16.6. The van der Waals surface area contributed by atoms with E-state index in [-0.39, 0.29) is 11.5 Å². The molecule has 11 nitrogen and oxygen atoms in total. The van der Waals surface area contributed by atoms with Gasteiger partial charge in [-0.05, 0) is 60.3 Å². The number of nitrogens with one attached hydrogen (secondary N) is 2. The highest BCUT2D eigenvalue weighted by molar-refractivity contribution is 7.85. The van der Waals surface area contributed by atoms with Crippen LogP contribution in [0.3, 0.4) is 0 Å². The van der Waals surface area contributed by atoms with E-state index in [1.165, 1.54) is 30.3 Å². The first-order valence-corrected chi connectivity index (χ1v) is 16.1. The predicted octanol–water partition coefficient (Wildman–Crippen LogP) is 6.43. The fourth-order valence-electron chi connectivity index (χ4n) is 4.52. The van der Waals surface area contributed by atoms with Crippen molar-refractivity contribution < 1.29 is 27.3 Å². The maximum Gasteiger partial charge on any atom is 0.323 e. The van der Waals surface area contributed by atoms with Crippen LogP contribution >= 0.6 is 11.3 Å². The monoisotopic (exact) mass is 660 g/mol. The number of amides is 2. The number of carbonyl (C=O) groups is 1. The molecule has 0 aliphatic carbocycles. The van der Waals surface area contributed by atoms with Crippen LogP contribution in [-0.4, -0.2) is 45.5 Å². The van der Waals surface area contributed by atoms with Crippen molar-refractivity contribution in [1.29, 1.82) is 0 Å². The topological polar surface area (TPSA) is 172 Å². The zero-order valence-corrected chi connectivity index (χ0v) is 26.0. The molecule has 0 bridgehead atoms. The molecule has 3 aromatic heterocycles. The van der Waals surface area contributed by atoms with E-state index in [1.807, 2.05) is 30.6 Å². The number of fused-ring (bicyclic) bond motifs is 1. The number of aliphatic hydroxyl groups excluding tert-OH is 1. The highest BCUT2D eigenvalue weighted by atomic mass is 32.2. The van der Waals surface area contributed by atoms with Crippen LogP contribution in [0.2, 0.25) is 0 Å². The maximum atomic E-state index is 13.3. The summed E-state index contributed by atoms with van der Waals surface area (Å²) >= 11 is 1.57. The number of nitrogen functional groups attached to an aromatic ring is 1. The molecule has 6 aromatic rings. The first kappa shape index (κ1) is 32.2. The average Bonchev–Trinajstić information content (AvgIpc) is 3.67. The van der Waals surface area contributed by atoms with Crippen LogP contribution in [0, 0.1) is 12.7 Å². The Bertz CT molecular complexity index is 2100. The molecule has 3 aromatic carbocycles. The predicted molar refractivity (Wildman–Crippen MR) is 178 cm³/mol. The Balaban J connectivity index is 0.000000322. The highest BCUT2D eigenvalue weighted by Gasteiger charge is 2.16. The van der Waals surface area contributed by atoms with Gasteiger partial charge in [-0.3, -0.25) is 9.23 Å². The van der Waals surface area contributed by atoms with Gasteiger partial charge in [0.05, 0.1) is 24.2 Å². The van der Waals surface area contributed by atoms with E-state index < -0.39 is 22.0 Å². The number of hydrogen-bond donors (Lipinski definition) is 5. The van der Waals surface area contributed by atoms with Crippen LogP contribution in [0.25, 0.3) is 32.3 Å². The molecule has 0 unspecified atom stereocenters. The van der Waals surface area contributed by atoms with Crippen molar-refractivity contribution in [1.82, 2.24) is 14.8 Å². The fourth-order valence-corrected chi connectivity index (χ4v) is 6.12. The minimum atomic E-state index is -4.02. The smallest absolute Gasteiger partial charge is 0.323 e. The molecule has 2 amide bonds. The van der Waals surface area contributed by atoms with E-state index in [4.69, 9.17) is 15.4 Å². The Morgan fingerprint density at radius 1 is 0.978 bits per heavy atom. The molecule has 0 radical (unpaired) electrons. The molecular formula is C32H29FN6O5S2. The number of hydrogen-bond acceptors (Lipinski definition) is 8. The molecular weight excluding hydrogens is 632 g/mol. The SMILES string of the molecule is Cc1ccc(S(=O)(=O)O)cc1.Nc1ncc(-c2cnn(CCO)c2)c2scc(-c3ccc(NC(=O)Nc4cccc(F)c4)cc3)c12. The molecule has 0 saturated carbocycles. The zero-order valence-electron chi connectivity index (χ0n) is 24.4. The van der Waals surface area contributed by atoms with E-state index in [0.717, 1.165) is 37.9 Å². The number of aromatic nitrogens is 3. The quantitative estimate of drug-likeness (QED) is 0.122. The third kappa shape index (κ3) is 7.73. The molecule has 0 spiro atoms. The van der Waals surface area contributed by atoms with Gasteiger partial charge in [0.15, 0.2) is 0 Å². The Morgan fingerprint density at radius 3 is 2.37 bits per heavy atom. The van der Waals surface area contributed by atoms with E-state index in [9.17, 15) is 17.6 Å². The van der Waals surface area contributed by atoms with Crippen molar-refractivity contribution >= 4 is 54.8 Å². The molecule has 3 heterocycles. The number of anilines is 3. The second-order valence-corrected chi connectivity index (χ2v) is 12.4. The van der Waals surface area contributed by atoms with Crippen LogP contribution in [0.1, 0.15) is 5.56 Å². The first-order chi connectivity index (χ1) is 22.0. The number of nitrogens with two attached hydrogens (primary N) is 1. The summed E-state index contributed by atoms with van der Waals surface area (Å²) in [6.45, 7) is 2.27. The number of aryl methyl sites for hydroxylation is 1. The number of aliphatic hydroxyl groups is 1. The Morgan fingerprint density at radius 2 is 1.70 bits per heavy atom. The van der Waals surface area contributed by atoms with Gasteiger partial charge in [-0.1, -0.05) is 35.9 Å². The van der Waals surface area contributed by atoms with Gasteiger partial charge in [-0.2, -0.15) is 13.5 Å². The van der Waals surface area contributed by atoms with Crippen molar-refractivity contribution in [2.24, 2.45) is 0 Å². The van der Waals surface area contributed by atoms with Gasteiger partial charge >= 0.3 is 6.03 Å². The summed E-state index contributed by atoms with van der Waals surface area (Å²) in [6, 6.07) is 18.6. The second-order valence-electron chi connectivity index (χ2n) is 10.1. The van der Waals surface area contributed by atoms with Crippen molar-refractivity contribution in [3.8, 4) is 22.3 Å². The average molecular weight is 661 g/mol. The lowest BCUT2D eigenvalue weighted by Gasteiger charge is -2.09. The van der Waals surface area contributed by atoms with Crippen LogP contribution in [0.15, 0.2) is 102 Å². The number of thiophene rings is 1. The van der Waals surface area contributed by atoms with E-state index in [1.54, 1.807) is 58.7 Å². The molecule has 236 valence electrons. The number of carbonyl (C=O) groups excluding carboxylic acids is 1. The van der Waals surface area contributed by atoms with E-state index >= 15 is 0 Å². The number of pyridine rings is 1. The number of nitrogens with zero attached hydrogens (tertiary/aromatic N) is 3. The molecule has 6 rings (SSSR count). The lowest BCUT2D eigenvalue weighted by atomic mass is 10.0. The molecule has 0 aliphatic rings. The Labute approximate surface area is 267 Å². The third-order valence-corrected chi connectivity index (χ3v) is 8.63. The summed E-state index contributed by atoms with van der Waals surface area (Å²) in [5.41, 5.74) is 11.9. The van der Waals surface area contributed by atoms with E-state index in [0.29, 0.717) is 23.7 Å². The number of halogens is 1. The first-order valence-electron chi connectivity index (χ1n) is 13.8. The number of benzene rings is 3. The lowest BCUT2D eigenvalue weighted by molar-refractivity contribution is 0.262. The fraction of sp³-hybridized carbons (Fsp3) is 0.0938. The van der Waals surface area contributed by atoms with E-state index in [2.05, 4.69) is 20.7 Å². The van der Waals surface area contributed by atoms with Gasteiger partial charge in [0.2, 0.25) is 0 Å². The molecule has 0 fully saturated rings. The van der Waals surface area contributed by atoms with Crippen LogP contribution in [0.5, 0.6) is 0 Å². The van der Waals surface area contributed by atoms with Gasteiger partial charge in [-0.15, -0.1) is 11.3 Å². The number of rotatable bonds is 7. The normalized spacial score (nSPS) is 11.1. The Kier molecular flexibility index (Phi) is 9.72. The molecule has 14 heteroatoms. The van der Waals surface area contributed by atoms with Gasteiger partial charge in [0.1, 0.15) is 11.6 Å². The van der Waals surface area contributed by atoms with Gasteiger partial charge in [-0.25, -0.2) is 14.2 Å². The van der Waals surface area contributed by atoms with Crippen LogP contribution in [-0.2, 0) is 16.7 Å². The van der Waals surface area contributed by atoms with Crippen molar-refractivity contribution in [2.75, 3.05) is 23.0 Å². The molecule has 0 saturated heterocycles. The zero-order chi connectivity index (χ0) is 32.8. The maximum absolute atomic E-state index is 13.3. The van der Waals surface area contributed by atoms with Crippen molar-refractivity contribution in [3.63, 3.8) is 0 Å². The highest BCUT2D eigenvalue weighted by Crippen LogP contribution is 2.41. The van der Waals surface area contributed by atoms with Gasteiger partial charge in [0, 0.05) is 50.5 Å². The van der Waals surface area contributed by atoms with Crippen molar-refractivity contribution in [2.45, 2.75) is 18.4 Å². The molecule has 6 N–H and O–H groups in total. The van der Waals surface area contributed by atoms with Gasteiger partial charge in [0.25, 0.3) is 10.1 Å². The minimum absolute atomic E-state index is 0.0109. The summed E-state index contributed by atoms with van der Waals surface area (Å²) < 4.78 is 45.5. The van der Waals surface area contributed by atoms with Crippen LogP contribution < -0.4 is 16.4 Å². The van der Waals surface area contributed by atoms with Crippen molar-refractivity contribution in [3.05, 3.63) is 108 Å². The standard InChI is InChI=1S/C25H21FN6O2S.C7H8O3S/c26-17-2-1-3-19(10-17)31-25(34)30-18-6-4-15(5-7-18)21-14-35-23-20(12-28-24(27)22(21)23)16-11-29-32(13-16)8-9-33;1-6-2-4-7(5-3-6)11(8,9)10/h1-7,10-14,33H,8-9H2,(H2,27,28)(H2,30,31,34);2-5H,1H3,(H,8,9,10). The summed E-state index contributed by atoms with van der Waals surface area (Å²) in [7, 11) is -4.02. The van der Waals surface area contributed by atoms with Gasteiger partial charge < -0.3 is 21.5 Å². The molecule has 0 atom stereocenters. The summed E-state index contributed by atoms with van der Waals surface area (Å²) in [5.74, 6) is 0.00507. The largest absolute Gasteiger partial charge is 0.394 e. The lowest BCUT2D eigenvalue weighted by Crippen LogP contribution is -2.19. The minimum Gasteiger partial charge on any atom is -0.394 e. The Hall–Kier alpha value is -5.15. The second kappa shape index (κ2) is 13.9. The third-order valence-electron chi connectivity index (χ3n) is 6.75. The molecule has 46 heavy (non-hydrogen) atoms.